The van der Waals surface area contributed by atoms with Crippen LogP contribution in [0.3, 0.4) is 0 Å². The van der Waals surface area contributed by atoms with E-state index < -0.39 is 0 Å². The van der Waals surface area contributed by atoms with Crippen molar-refractivity contribution in [2.45, 2.75) is 19.8 Å². The molecule has 1 atom stereocenters. The largest absolute Gasteiger partial charge is 0.454 e. The van der Waals surface area contributed by atoms with E-state index in [1.165, 1.54) is 5.56 Å². The Labute approximate surface area is 90.2 Å². The summed E-state index contributed by atoms with van der Waals surface area (Å²) in [7, 11) is 0. The molecule has 3 nitrogen and oxygen atoms in total. The Morgan fingerprint density at radius 2 is 2.13 bits per heavy atom. The summed E-state index contributed by atoms with van der Waals surface area (Å²) in [6.07, 6.45) is 2.17. The maximum absolute atomic E-state index is 5.58. The zero-order valence-corrected chi connectivity index (χ0v) is 9.03. The summed E-state index contributed by atoms with van der Waals surface area (Å²) in [4.78, 5) is 0. The summed E-state index contributed by atoms with van der Waals surface area (Å²) in [5.74, 6) is 2.30. The lowest BCUT2D eigenvalue weighted by Crippen LogP contribution is -2.11. The van der Waals surface area contributed by atoms with Gasteiger partial charge < -0.3 is 15.2 Å². The van der Waals surface area contributed by atoms with Crippen LogP contribution in [0.1, 0.15) is 18.9 Å². The number of ether oxygens (including phenoxy) is 2. The third-order valence-corrected chi connectivity index (χ3v) is 2.77. The van der Waals surface area contributed by atoms with Gasteiger partial charge in [0.1, 0.15) is 0 Å². The summed E-state index contributed by atoms with van der Waals surface area (Å²) in [5, 5.41) is 0. The van der Waals surface area contributed by atoms with Gasteiger partial charge in [-0.15, -0.1) is 0 Å². The van der Waals surface area contributed by atoms with Crippen LogP contribution in [-0.2, 0) is 6.42 Å². The molecule has 82 valence electrons. The molecule has 1 unspecified atom stereocenters. The molecule has 1 aromatic carbocycles. The van der Waals surface area contributed by atoms with E-state index in [1.807, 2.05) is 6.07 Å². The van der Waals surface area contributed by atoms with Gasteiger partial charge in [-0.3, -0.25) is 0 Å². The molecule has 0 radical (unpaired) electrons. The van der Waals surface area contributed by atoms with E-state index in [9.17, 15) is 0 Å². The summed E-state index contributed by atoms with van der Waals surface area (Å²) >= 11 is 0. The van der Waals surface area contributed by atoms with Crippen LogP contribution in [0.2, 0.25) is 0 Å². The fourth-order valence-electron chi connectivity index (χ4n) is 1.63. The maximum Gasteiger partial charge on any atom is 0.231 e. The van der Waals surface area contributed by atoms with Crippen molar-refractivity contribution in [1.29, 1.82) is 0 Å². The predicted molar refractivity (Wildman–Crippen MR) is 59.1 cm³/mol. The van der Waals surface area contributed by atoms with Gasteiger partial charge in [0, 0.05) is 0 Å². The molecule has 1 aliphatic heterocycles. The first-order chi connectivity index (χ1) is 7.29. The highest BCUT2D eigenvalue weighted by Gasteiger charge is 2.13. The molecule has 15 heavy (non-hydrogen) atoms. The fourth-order valence-corrected chi connectivity index (χ4v) is 1.63. The predicted octanol–water partition coefficient (Wildman–Crippen LogP) is 1.94. The highest BCUT2D eigenvalue weighted by Crippen LogP contribution is 2.32. The standard InChI is InChI=1S/C12H17NO2/c1-9(7-13)2-3-10-4-5-11-12(6-10)15-8-14-11/h4-6,9H,2-3,7-8,13H2,1H3. The van der Waals surface area contributed by atoms with Crippen LogP contribution in [0.25, 0.3) is 0 Å². The average molecular weight is 207 g/mol. The molecule has 0 bridgehead atoms. The smallest absolute Gasteiger partial charge is 0.231 e. The minimum Gasteiger partial charge on any atom is -0.454 e. The number of hydrogen-bond acceptors (Lipinski definition) is 3. The van der Waals surface area contributed by atoms with E-state index in [-0.39, 0.29) is 0 Å². The molecule has 1 heterocycles. The molecule has 3 heteroatoms. The van der Waals surface area contributed by atoms with Crippen LogP contribution in [0.15, 0.2) is 18.2 Å². The quantitative estimate of drug-likeness (QED) is 0.820. The molecule has 1 aliphatic rings. The van der Waals surface area contributed by atoms with Crippen molar-refractivity contribution < 1.29 is 9.47 Å². The van der Waals surface area contributed by atoms with E-state index >= 15 is 0 Å². The van der Waals surface area contributed by atoms with Gasteiger partial charge in [-0.1, -0.05) is 13.0 Å². The van der Waals surface area contributed by atoms with Crippen LogP contribution < -0.4 is 15.2 Å². The highest BCUT2D eigenvalue weighted by atomic mass is 16.7. The summed E-state index contributed by atoms with van der Waals surface area (Å²) in [5.41, 5.74) is 6.87. The van der Waals surface area contributed by atoms with Gasteiger partial charge in [0.05, 0.1) is 0 Å². The second-order valence-electron chi connectivity index (χ2n) is 4.07. The Kier molecular flexibility index (Phi) is 3.11. The van der Waals surface area contributed by atoms with Gasteiger partial charge in [0.2, 0.25) is 6.79 Å². The fraction of sp³-hybridized carbons (Fsp3) is 0.500. The van der Waals surface area contributed by atoms with Gasteiger partial charge in [-0.25, -0.2) is 0 Å². The van der Waals surface area contributed by atoms with Crippen molar-refractivity contribution in [3.8, 4) is 11.5 Å². The Morgan fingerprint density at radius 3 is 2.93 bits per heavy atom. The average Bonchev–Trinajstić information content (AvgIpc) is 2.72. The molecule has 0 saturated carbocycles. The monoisotopic (exact) mass is 207 g/mol. The molecule has 0 amide bonds. The number of fused-ring (bicyclic) bond motifs is 1. The second kappa shape index (κ2) is 4.53. The molecule has 0 saturated heterocycles. The van der Waals surface area contributed by atoms with Gasteiger partial charge in [-0.05, 0) is 43.0 Å². The zero-order valence-electron chi connectivity index (χ0n) is 9.03. The molecule has 0 aromatic heterocycles. The third kappa shape index (κ3) is 2.42. The van der Waals surface area contributed by atoms with Gasteiger partial charge in [0.15, 0.2) is 11.5 Å². The normalized spacial score (nSPS) is 15.3. The molecule has 2 N–H and O–H groups in total. The molecular formula is C12H17NO2. The van der Waals surface area contributed by atoms with E-state index in [1.54, 1.807) is 0 Å². The summed E-state index contributed by atoms with van der Waals surface area (Å²) in [6.45, 7) is 3.27. The maximum atomic E-state index is 5.58. The minimum atomic E-state index is 0.345. The van der Waals surface area contributed by atoms with Crippen molar-refractivity contribution in [3.63, 3.8) is 0 Å². The van der Waals surface area contributed by atoms with Crippen molar-refractivity contribution in [2.75, 3.05) is 13.3 Å². The van der Waals surface area contributed by atoms with Crippen LogP contribution >= 0.6 is 0 Å². The minimum absolute atomic E-state index is 0.345. The lowest BCUT2D eigenvalue weighted by Gasteiger charge is -2.08. The number of rotatable bonds is 4. The van der Waals surface area contributed by atoms with Gasteiger partial charge >= 0.3 is 0 Å². The molecule has 0 aliphatic carbocycles. The lowest BCUT2D eigenvalue weighted by atomic mass is 10.0. The topological polar surface area (TPSA) is 44.5 Å². The Hall–Kier alpha value is -1.22. The zero-order chi connectivity index (χ0) is 10.7. The van der Waals surface area contributed by atoms with Crippen LogP contribution in [-0.4, -0.2) is 13.3 Å². The summed E-state index contributed by atoms with van der Waals surface area (Å²) < 4.78 is 10.6. The molecule has 1 aromatic rings. The number of benzene rings is 1. The first kappa shape index (κ1) is 10.3. The van der Waals surface area contributed by atoms with E-state index in [0.29, 0.717) is 12.7 Å². The van der Waals surface area contributed by atoms with Crippen molar-refractivity contribution in [1.82, 2.24) is 0 Å². The lowest BCUT2D eigenvalue weighted by molar-refractivity contribution is 0.174. The molecule has 2 rings (SSSR count). The van der Waals surface area contributed by atoms with Crippen molar-refractivity contribution >= 4 is 0 Å². The highest BCUT2D eigenvalue weighted by molar-refractivity contribution is 5.44. The SMILES string of the molecule is CC(CN)CCc1ccc2c(c1)OCO2. The third-order valence-electron chi connectivity index (χ3n) is 2.77. The Balaban J connectivity index is 1.98. The van der Waals surface area contributed by atoms with Crippen molar-refractivity contribution in [2.24, 2.45) is 11.7 Å². The number of hydrogen-bond donors (Lipinski definition) is 1. The van der Waals surface area contributed by atoms with Gasteiger partial charge in [0.25, 0.3) is 0 Å². The second-order valence-corrected chi connectivity index (χ2v) is 4.07. The Morgan fingerprint density at radius 1 is 1.33 bits per heavy atom. The van der Waals surface area contributed by atoms with E-state index in [2.05, 4.69) is 19.1 Å². The number of nitrogens with two attached hydrogens (primary N) is 1. The summed E-state index contributed by atoms with van der Waals surface area (Å²) in [6, 6.07) is 6.13. The van der Waals surface area contributed by atoms with Gasteiger partial charge in [-0.2, -0.15) is 0 Å². The molecule has 0 fully saturated rings. The van der Waals surface area contributed by atoms with Crippen molar-refractivity contribution in [3.05, 3.63) is 23.8 Å². The van der Waals surface area contributed by atoms with E-state index in [4.69, 9.17) is 15.2 Å². The van der Waals surface area contributed by atoms with Crippen LogP contribution in [0.5, 0.6) is 11.5 Å². The molecule has 0 spiro atoms. The first-order valence-corrected chi connectivity index (χ1v) is 5.38. The van der Waals surface area contributed by atoms with Crippen LogP contribution in [0.4, 0.5) is 0 Å². The first-order valence-electron chi connectivity index (χ1n) is 5.38. The number of aryl methyl sites for hydroxylation is 1. The van der Waals surface area contributed by atoms with Crippen LogP contribution in [0, 0.1) is 5.92 Å². The molecular weight excluding hydrogens is 190 g/mol. The Bertz CT molecular complexity index is 338. The van der Waals surface area contributed by atoms with E-state index in [0.717, 1.165) is 30.9 Å².